The van der Waals surface area contributed by atoms with E-state index in [2.05, 4.69) is 30.4 Å². The van der Waals surface area contributed by atoms with E-state index in [1.807, 2.05) is 0 Å². The monoisotopic (exact) mass is 449 g/mol. The number of nitrogens with zero attached hydrogens (tertiary/aromatic N) is 3. The van der Waals surface area contributed by atoms with E-state index in [1.165, 1.54) is 6.07 Å². The summed E-state index contributed by atoms with van der Waals surface area (Å²) in [7, 11) is -3.99. The van der Waals surface area contributed by atoms with E-state index in [0.29, 0.717) is 43.3 Å². The highest BCUT2D eigenvalue weighted by Crippen LogP contribution is 2.29. The number of rotatable bonds is 6. The Morgan fingerprint density at radius 3 is 2.39 bits per heavy atom. The van der Waals surface area contributed by atoms with Crippen LogP contribution in [-0.4, -0.2) is 74.8 Å². The van der Waals surface area contributed by atoms with E-state index in [0.717, 1.165) is 25.9 Å². The van der Waals surface area contributed by atoms with Gasteiger partial charge in [-0.2, -0.15) is 4.72 Å². The van der Waals surface area contributed by atoms with Crippen molar-refractivity contribution < 1.29 is 18.0 Å². The van der Waals surface area contributed by atoms with Crippen molar-refractivity contribution in [2.24, 2.45) is 0 Å². The van der Waals surface area contributed by atoms with Gasteiger partial charge in [-0.3, -0.25) is 14.5 Å². The standard InChI is InChI=1S/C22H33N4O4S/c1-16(2)24-12-14-25(15-13-24)22(28)18(4)23-31(29,30)20-9-7-8-19(17(20)3)26-11-6-5-10-21(26)27/h7-9,16,18,23H,4-6,10-15H2,1-3H3/t18-/m0/s1. The van der Waals surface area contributed by atoms with Crippen LogP contribution in [0.1, 0.15) is 38.7 Å². The molecule has 9 heteroatoms. The van der Waals surface area contributed by atoms with Gasteiger partial charge < -0.3 is 9.80 Å². The molecule has 0 spiro atoms. The minimum Gasteiger partial charge on any atom is -0.339 e. The van der Waals surface area contributed by atoms with Gasteiger partial charge in [0.2, 0.25) is 21.8 Å². The number of hydrogen-bond acceptors (Lipinski definition) is 5. The van der Waals surface area contributed by atoms with Crippen LogP contribution in [0.5, 0.6) is 0 Å². The van der Waals surface area contributed by atoms with Gasteiger partial charge in [-0.15, -0.1) is 0 Å². The number of amides is 2. The maximum atomic E-state index is 13.1. The van der Waals surface area contributed by atoms with Gasteiger partial charge in [0.15, 0.2) is 0 Å². The van der Waals surface area contributed by atoms with Crippen LogP contribution in [0.3, 0.4) is 0 Å². The van der Waals surface area contributed by atoms with Crippen LogP contribution in [0.4, 0.5) is 5.69 Å². The molecule has 0 unspecified atom stereocenters. The van der Waals surface area contributed by atoms with Crippen LogP contribution in [0.2, 0.25) is 0 Å². The smallest absolute Gasteiger partial charge is 0.241 e. The maximum absolute atomic E-state index is 13.1. The second kappa shape index (κ2) is 9.67. The van der Waals surface area contributed by atoms with E-state index in [4.69, 9.17) is 0 Å². The molecule has 2 saturated heterocycles. The largest absolute Gasteiger partial charge is 0.339 e. The van der Waals surface area contributed by atoms with Crippen molar-refractivity contribution in [2.75, 3.05) is 37.6 Å². The number of sulfonamides is 1. The van der Waals surface area contributed by atoms with Gasteiger partial charge in [-0.1, -0.05) is 6.07 Å². The quantitative estimate of drug-likeness (QED) is 0.712. The van der Waals surface area contributed by atoms with Crippen LogP contribution >= 0.6 is 0 Å². The maximum Gasteiger partial charge on any atom is 0.241 e. The first-order valence-electron chi connectivity index (χ1n) is 10.9. The summed E-state index contributed by atoms with van der Waals surface area (Å²) in [5.74, 6) is -0.324. The highest BCUT2D eigenvalue weighted by Gasteiger charge is 2.30. The molecule has 1 atom stereocenters. The first-order chi connectivity index (χ1) is 14.6. The summed E-state index contributed by atoms with van der Waals surface area (Å²) in [6, 6.07) is 4.18. The van der Waals surface area contributed by atoms with Gasteiger partial charge in [-0.05, 0) is 58.2 Å². The lowest BCUT2D eigenvalue weighted by atomic mass is 10.1. The minimum atomic E-state index is -3.99. The lowest BCUT2D eigenvalue weighted by Gasteiger charge is -2.37. The van der Waals surface area contributed by atoms with Gasteiger partial charge in [-0.25, -0.2) is 8.42 Å². The van der Waals surface area contributed by atoms with Crippen LogP contribution < -0.4 is 9.62 Å². The lowest BCUT2D eigenvalue weighted by Crippen LogP contribution is -2.55. The van der Waals surface area contributed by atoms with E-state index >= 15 is 0 Å². The predicted octanol–water partition coefficient (Wildman–Crippen LogP) is 1.55. The summed E-state index contributed by atoms with van der Waals surface area (Å²) in [5.41, 5.74) is 1.10. The average molecular weight is 450 g/mol. The van der Waals surface area contributed by atoms with E-state index < -0.39 is 16.1 Å². The number of piperidine rings is 1. The number of hydrogen-bond donors (Lipinski definition) is 1. The topological polar surface area (TPSA) is 90.0 Å². The zero-order chi connectivity index (χ0) is 22.8. The summed E-state index contributed by atoms with van der Waals surface area (Å²) in [6.45, 7) is 12.9. The molecule has 0 aliphatic carbocycles. The Bertz CT molecular complexity index is 923. The summed E-state index contributed by atoms with van der Waals surface area (Å²) in [6.07, 6.45) is 2.21. The SMILES string of the molecule is [CH2][C@H](NS(=O)(=O)c1cccc(N2CCCCC2=O)c1C)C(=O)N1CCN(C(C)C)CC1. The summed E-state index contributed by atoms with van der Waals surface area (Å²) in [4.78, 5) is 30.8. The summed E-state index contributed by atoms with van der Waals surface area (Å²) in [5, 5.41) is 0. The number of carbonyl (C=O) groups is 2. The molecule has 171 valence electrons. The van der Waals surface area contributed by atoms with Crippen molar-refractivity contribution in [3.05, 3.63) is 30.7 Å². The Kier molecular flexibility index (Phi) is 7.39. The Hall–Kier alpha value is -1.97. The highest BCUT2D eigenvalue weighted by molar-refractivity contribution is 7.89. The molecule has 0 saturated carbocycles. The first-order valence-corrected chi connectivity index (χ1v) is 12.4. The molecule has 2 fully saturated rings. The minimum absolute atomic E-state index is 0.00242. The highest BCUT2D eigenvalue weighted by atomic mass is 32.2. The van der Waals surface area contributed by atoms with Crippen LogP contribution in [0.25, 0.3) is 0 Å². The fourth-order valence-electron chi connectivity index (χ4n) is 4.23. The van der Waals surface area contributed by atoms with Crippen LogP contribution in [-0.2, 0) is 19.6 Å². The number of piperazine rings is 1. The third-order valence-corrected chi connectivity index (χ3v) is 7.73. The molecular weight excluding hydrogens is 416 g/mol. The van der Waals surface area contributed by atoms with Crippen molar-refractivity contribution in [3.63, 3.8) is 0 Å². The molecular formula is C22H33N4O4S. The molecule has 2 aliphatic rings. The van der Waals surface area contributed by atoms with Crippen LogP contribution in [0.15, 0.2) is 23.1 Å². The molecule has 31 heavy (non-hydrogen) atoms. The van der Waals surface area contributed by atoms with Crippen molar-refractivity contribution in [1.82, 2.24) is 14.5 Å². The number of nitrogens with one attached hydrogen (secondary N) is 1. The molecule has 0 bridgehead atoms. The molecule has 1 aromatic rings. The van der Waals surface area contributed by atoms with Gasteiger partial charge in [0.05, 0.1) is 4.90 Å². The van der Waals surface area contributed by atoms with Gasteiger partial charge in [0.25, 0.3) is 0 Å². The average Bonchev–Trinajstić information content (AvgIpc) is 2.73. The zero-order valence-corrected chi connectivity index (χ0v) is 19.5. The molecule has 1 aromatic carbocycles. The van der Waals surface area contributed by atoms with E-state index in [1.54, 1.807) is 28.9 Å². The third kappa shape index (κ3) is 5.27. The normalized spacial score (nSPS) is 19.7. The summed E-state index contributed by atoms with van der Waals surface area (Å²) >= 11 is 0. The molecule has 2 aliphatic heterocycles. The third-order valence-electron chi connectivity index (χ3n) is 6.11. The molecule has 1 N–H and O–H groups in total. The second-order valence-corrected chi connectivity index (χ2v) is 10.2. The number of benzene rings is 1. The molecule has 1 radical (unpaired) electrons. The van der Waals surface area contributed by atoms with E-state index in [9.17, 15) is 18.0 Å². The number of carbonyl (C=O) groups excluding carboxylic acids is 2. The Morgan fingerprint density at radius 2 is 1.77 bits per heavy atom. The fourth-order valence-corrected chi connectivity index (χ4v) is 5.60. The van der Waals surface area contributed by atoms with Crippen LogP contribution in [0, 0.1) is 13.8 Å². The van der Waals surface area contributed by atoms with Crippen molar-refractivity contribution >= 4 is 27.5 Å². The molecule has 8 nitrogen and oxygen atoms in total. The summed E-state index contributed by atoms with van der Waals surface area (Å²) < 4.78 is 28.6. The van der Waals surface area contributed by atoms with Gasteiger partial charge in [0.1, 0.15) is 6.04 Å². The van der Waals surface area contributed by atoms with Gasteiger partial charge in [0, 0.05) is 50.9 Å². The van der Waals surface area contributed by atoms with Crippen molar-refractivity contribution in [1.29, 1.82) is 0 Å². The Balaban J connectivity index is 1.72. The molecule has 2 heterocycles. The first kappa shape index (κ1) is 23.7. The second-order valence-electron chi connectivity index (χ2n) is 8.53. The predicted molar refractivity (Wildman–Crippen MR) is 120 cm³/mol. The number of anilines is 1. The van der Waals surface area contributed by atoms with Crippen molar-refractivity contribution in [2.45, 2.75) is 57.0 Å². The zero-order valence-electron chi connectivity index (χ0n) is 18.6. The molecule has 2 amide bonds. The Morgan fingerprint density at radius 1 is 1.10 bits per heavy atom. The lowest BCUT2D eigenvalue weighted by molar-refractivity contribution is -0.134. The van der Waals surface area contributed by atoms with E-state index in [-0.39, 0.29) is 16.7 Å². The van der Waals surface area contributed by atoms with Gasteiger partial charge >= 0.3 is 0 Å². The molecule has 3 rings (SSSR count). The molecule has 0 aromatic heterocycles. The fraction of sp³-hybridized carbons (Fsp3) is 0.591. The van der Waals surface area contributed by atoms with Crippen molar-refractivity contribution in [3.8, 4) is 0 Å². The Labute approximate surface area is 185 Å².